The summed E-state index contributed by atoms with van der Waals surface area (Å²) in [7, 11) is 0. The summed E-state index contributed by atoms with van der Waals surface area (Å²) in [6, 6.07) is -1.16. The van der Waals surface area contributed by atoms with E-state index in [0.29, 0.717) is 42.6 Å². The summed E-state index contributed by atoms with van der Waals surface area (Å²) in [4.78, 5) is 48.4. The number of hydrogen-bond acceptors (Lipinski definition) is 8. The van der Waals surface area contributed by atoms with Crippen molar-refractivity contribution in [3.05, 3.63) is 89.8 Å². The Hall–Kier alpha value is -2.04. The van der Waals surface area contributed by atoms with E-state index >= 15 is 0 Å². The van der Waals surface area contributed by atoms with Gasteiger partial charge in [0.1, 0.15) is 11.2 Å². The van der Waals surface area contributed by atoms with E-state index in [1.165, 1.54) is 63.5 Å². The van der Waals surface area contributed by atoms with Crippen molar-refractivity contribution in [1.29, 1.82) is 0 Å². The molecule has 6 atom stereocenters. The first-order chi connectivity index (χ1) is 28.3. The van der Waals surface area contributed by atoms with Gasteiger partial charge in [-0.25, -0.2) is 0 Å². The molecule has 0 bridgehead atoms. The molecule has 4 N–H and O–H groups in total. The molecular weight excluding hydrogens is 1030 g/mol. The Morgan fingerprint density at radius 3 is 1.30 bits per heavy atom. The van der Waals surface area contributed by atoms with Crippen LogP contribution in [0.4, 0.5) is 0 Å². The van der Waals surface area contributed by atoms with Crippen molar-refractivity contribution >= 4 is 87.1 Å². The van der Waals surface area contributed by atoms with Crippen LogP contribution >= 0.6 is 63.7 Å². The summed E-state index contributed by atoms with van der Waals surface area (Å²) < 4.78 is 12.8. The molecule has 332 valence electrons. The molecular formula is C46H62Br4N2O8. The summed E-state index contributed by atoms with van der Waals surface area (Å²) in [6.07, 6.45) is 28.1. The van der Waals surface area contributed by atoms with Crippen molar-refractivity contribution in [2.45, 2.75) is 154 Å². The number of unbranched alkanes of at least 4 members (excludes halogenated alkanes) is 6. The number of ether oxygens (including phenoxy) is 2. The first-order valence-corrected chi connectivity index (χ1v) is 24.2. The lowest BCUT2D eigenvalue weighted by Crippen LogP contribution is -2.39. The second kappa shape index (κ2) is 25.3. The molecule has 4 rings (SSSR count). The summed E-state index contributed by atoms with van der Waals surface area (Å²) >= 11 is 12.9. The van der Waals surface area contributed by atoms with Crippen molar-refractivity contribution in [2.75, 3.05) is 0 Å². The van der Waals surface area contributed by atoms with Gasteiger partial charge in [0.2, 0.25) is 23.4 Å². The third-order valence-corrected chi connectivity index (χ3v) is 12.9. The standard InChI is InChI=1S/2C23H31Br2NO4/c2*1-4-5-6-7-8-15(2)11-16(3)9-10-20(27)26-19-14-23(30-22(19)29)12-17(24)21(28)18(25)13-23/h2*9-13,15,19,22,29H,4-8,14H2,1-3H3,(H,26,27)/b2*10-9+,16-11+/t15-,19+,22+;15-,19+,22-/m11/s1. The molecule has 2 fully saturated rings. The van der Waals surface area contributed by atoms with Crippen LogP contribution in [0.5, 0.6) is 0 Å². The van der Waals surface area contributed by atoms with Gasteiger partial charge in [0.15, 0.2) is 12.6 Å². The van der Waals surface area contributed by atoms with E-state index in [9.17, 15) is 29.4 Å². The fourth-order valence-corrected chi connectivity index (χ4v) is 10.4. The third-order valence-electron chi connectivity index (χ3n) is 10.6. The van der Waals surface area contributed by atoms with Gasteiger partial charge < -0.3 is 30.3 Å². The average molecular weight is 1090 g/mol. The maximum absolute atomic E-state index is 12.3. The van der Waals surface area contributed by atoms with E-state index in [1.807, 2.05) is 13.8 Å². The van der Waals surface area contributed by atoms with Crippen molar-refractivity contribution in [2.24, 2.45) is 11.8 Å². The molecule has 0 aromatic carbocycles. The maximum Gasteiger partial charge on any atom is 0.244 e. The number of carbonyl (C=O) groups excluding carboxylic acids is 4. The molecule has 60 heavy (non-hydrogen) atoms. The van der Waals surface area contributed by atoms with Crippen LogP contribution in [0.3, 0.4) is 0 Å². The minimum atomic E-state index is -1.16. The predicted octanol–water partition coefficient (Wildman–Crippen LogP) is 10.4. The number of allylic oxidation sites excluding steroid dienone is 10. The van der Waals surface area contributed by atoms with Crippen LogP contribution in [0.1, 0.15) is 119 Å². The van der Waals surface area contributed by atoms with E-state index in [0.717, 1.165) is 24.0 Å². The Bertz CT molecular complexity index is 1620. The largest absolute Gasteiger partial charge is 0.366 e. The smallest absolute Gasteiger partial charge is 0.244 e. The Balaban J connectivity index is 0.000000320. The Morgan fingerprint density at radius 2 is 0.983 bits per heavy atom. The van der Waals surface area contributed by atoms with Crippen LogP contribution in [-0.4, -0.2) is 69.5 Å². The van der Waals surface area contributed by atoms with Crippen LogP contribution in [-0.2, 0) is 28.7 Å². The first kappa shape index (κ1) is 52.3. The molecule has 2 saturated heterocycles. The first-order valence-electron chi connectivity index (χ1n) is 21.0. The van der Waals surface area contributed by atoms with Gasteiger partial charge in [0.25, 0.3) is 0 Å². The lowest BCUT2D eigenvalue weighted by atomic mass is 9.92. The molecule has 0 radical (unpaired) electrons. The molecule has 2 aliphatic carbocycles. The van der Waals surface area contributed by atoms with Crippen LogP contribution < -0.4 is 10.6 Å². The van der Waals surface area contributed by atoms with Gasteiger partial charge in [-0.05, 0) is 127 Å². The van der Waals surface area contributed by atoms with Gasteiger partial charge in [0, 0.05) is 25.0 Å². The number of halogens is 4. The Labute approximate surface area is 390 Å². The fraction of sp³-hybridized carbons (Fsp3) is 0.565. The van der Waals surface area contributed by atoms with E-state index in [4.69, 9.17) is 9.47 Å². The minimum absolute atomic E-state index is 0.184. The molecule has 10 nitrogen and oxygen atoms in total. The van der Waals surface area contributed by atoms with Crippen molar-refractivity contribution < 1.29 is 38.9 Å². The highest BCUT2D eigenvalue weighted by Crippen LogP contribution is 2.41. The average Bonchev–Trinajstić information content (AvgIpc) is 3.63. The fourth-order valence-electron chi connectivity index (χ4n) is 7.48. The van der Waals surface area contributed by atoms with E-state index < -0.39 is 35.9 Å². The highest BCUT2D eigenvalue weighted by Gasteiger charge is 2.47. The molecule has 2 spiro atoms. The monoisotopic (exact) mass is 1090 g/mol. The summed E-state index contributed by atoms with van der Waals surface area (Å²) in [5.41, 5.74) is 0.209. The SMILES string of the molecule is CCCCCC[C@@H](C)/C=C(C)/C=C/C(=O)N[C@H]1CC2(C=C(Br)C(=O)C(Br)=C2)O[C@@H]1O.CCCCCC[C@@H](C)/C=C(C)/C=C/C(=O)N[C@H]1CC2(C=C(Br)C(=O)C(Br)=C2)O[C@H]1O. The van der Waals surface area contributed by atoms with E-state index in [-0.39, 0.29) is 23.4 Å². The van der Waals surface area contributed by atoms with Crippen molar-refractivity contribution in [3.8, 4) is 0 Å². The zero-order chi connectivity index (χ0) is 44.6. The number of aliphatic hydroxyl groups excluding tert-OH is 2. The molecule has 0 unspecified atom stereocenters. The third kappa shape index (κ3) is 16.9. The van der Waals surface area contributed by atoms with Crippen LogP contribution in [0, 0.1) is 11.8 Å². The van der Waals surface area contributed by atoms with Crippen LogP contribution in [0.25, 0.3) is 0 Å². The predicted molar refractivity (Wildman–Crippen MR) is 252 cm³/mol. The molecule has 2 aliphatic heterocycles. The molecule has 0 aromatic rings. The van der Waals surface area contributed by atoms with Crippen molar-refractivity contribution in [1.82, 2.24) is 10.6 Å². The number of Topliss-reactive ketones (excluding diaryl/α,β-unsaturated/α-hetero) is 2. The Morgan fingerprint density at radius 1 is 0.650 bits per heavy atom. The molecule has 0 aromatic heterocycles. The minimum Gasteiger partial charge on any atom is -0.366 e. The van der Waals surface area contributed by atoms with Crippen LogP contribution in [0.15, 0.2) is 89.8 Å². The molecule has 2 heterocycles. The highest BCUT2D eigenvalue weighted by molar-refractivity contribution is 9.13. The van der Waals surface area contributed by atoms with E-state index in [1.54, 1.807) is 36.5 Å². The maximum atomic E-state index is 12.3. The number of ketones is 2. The number of aliphatic hydroxyl groups is 2. The number of hydrogen-bond donors (Lipinski definition) is 4. The topological polar surface area (TPSA) is 151 Å². The molecule has 2 amide bonds. The lowest BCUT2D eigenvalue weighted by molar-refractivity contribution is -0.126. The Kier molecular flexibility index (Phi) is 22.1. The summed E-state index contributed by atoms with van der Waals surface area (Å²) in [5, 5.41) is 26.1. The van der Waals surface area contributed by atoms with Gasteiger partial charge in [0.05, 0.1) is 30.0 Å². The summed E-state index contributed by atoms with van der Waals surface area (Å²) in [5.74, 6) is 0.00180. The van der Waals surface area contributed by atoms with Gasteiger partial charge in [-0.3, -0.25) is 19.2 Å². The number of amides is 2. The second-order valence-electron chi connectivity index (χ2n) is 16.3. The van der Waals surface area contributed by atoms with E-state index in [2.05, 4.69) is 114 Å². The lowest BCUT2D eigenvalue weighted by Gasteiger charge is -2.25. The molecule has 14 heteroatoms. The quantitative estimate of drug-likeness (QED) is 0.0602. The van der Waals surface area contributed by atoms with Crippen molar-refractivity contribution in [3.63, 3.8) is 0 Å². The van der Waals surface area contributed by atoms with Gasteiger partial charge in [-0.2, -0.15) is 0 Å². The number of rotatable bonds is 18. The zero-order valence-corrected chi connectivity index (χ0v) is 41.9. The normalized spacial score (nSPS) is 24.9. The second-order valence-corrected chi connectivity index (χ2v) is 19.8. The number of nitrogens with one attached hydrogen (secondary N) is 2. The van der Waals surface area contributed by atoms with Gasteiger partial charge in [-0.15, -0.1) is 0 Å². The zero-order valence-electron chi connectivity index (χ0n) is 35.6. The molecule has 0 saturated carbocycles. The summed E-state index contributed by atoms with van der Waals surface area (Å²) in [6.45, 7) is 12.8. The van der Waals surface area contributed by atoms with Gasteiger partial charge in [-0.1, -0.05) is 115 Å². The molecule has 4 aliphatic rings. The van der Waals surface area contributed by atoms with Crippen LogP contribution in [0.2, 0.25) is 0 Å². The van der Waals surface area contributed by atoms with Gasteiger partial charge >= 0.3 is 0 Å². The highest BCUT2D eigenvalue weighted by atomic mass is 79.9. The number of carbonyl (C=O) groups is 4.